The zero-order chi connectivity index (χ0) is 10.0. The van der Waals surface area contributed by atoms with Crippen molar-refractivity contribution in [1.29, 1.82) is 0 Å². The van der Waals surface area contributed by atoms with Crippen molar-refractivity contribution in [2.75, 3.05) is 14.2 Å². The molecule has 1 amide bonds. The van der Waals surface area contributed by atoms with Crippen LogP contribution in [0.5, 0.6) is 0 Å². The van der Waals surface area contributed by atoms with Crippen LogP contribution in [0.1, 0.15) is 16.2 Å². The van der Waals surface area contributed by atoms with Gasteiger partial charge in [-0.05, 0) is 13.0 Å². The number of carbonyl (C=O) groups excluding carboxylic acids is 1. The lowest BCUT2D eigenvalue weighted by atomic mass is 10.3. The largest absolute Gasteiger partial charge is 0.297 e. The number of amides is 1. The SMILES string of the molecule is CON(C)C(=O)c1cc(C)n(C)n1. The first-order valence-corrected chi connectivity index (χ1v) is 3.89. The van der Waals surface area contributed by atoms with Gasteiger partial charge in [0, 0.05) is 19.8 Å². The van der Waals surface area contributed by atoms with Crippen molar-refractivity contribution >= 4 is 5.91 Å². The highest BCUT2D eigenvalue weighted by Gasteiger charge is 2.14. The second kappa shape index (κ2) is 3.57. The maximum atomic E-state index is 11.5. The maximum Gasteiger partial charge on any atom is 0.297 e. The molecule has 0 fully saturated rings. The van der Waals surface area contributed by atoms with E-state index in [1.54, 1.807) is 24.8 Å². The molecule has 1 aromatic heterocycles. The lowest BCUT2D eigenvalue weighted by molar-refractivity contribution is -0.0760. The predicted molar refractivity (Wildman–Crippen MR) is 47.0 cm³/mol. The highest BCUT2D eigenvalue weighted by molar-refractivity contribution is 5.91. The Hall–Kier alpha value is -1.36. The van der Waals surface area contributed by atoms with Crippen LogP contribution >= 0.6 is 0 Å². The number of hydroxylamine groups is 2. The van der Waals surface area contributed by atoms with Crippen LogP contribution < -0.4 is 0 Å². The Morgan fingerprint density at radius 1 is 1.69 bits per heavy atom. The van der Waals surface area contributed by atoms with Crippen LogP contribution in [0.3, 0.4) is 0 Å². The molecule has 1 heterocycles. The summed E-state index contributed by atoms with van der Waals surface area (Å²) in [5, 5.41) is 5.17. The van der Waals surface area contributed by atoms with Crippen molar-refractivity contribution in [2.24, 2.45) is 7.05 Å². The molecule has 0 atom stereocenters. The molecule has 1 rings (SSSR count). The van der Waals surface area contributed by atoms with Gasteiger partial charge in [0.1, 0.15) is 0 Å². The molecule has 0 bridgehead atoms. The molecule has 0 radical (unpaired) electrons. The normalized spacial score (nSPS) is 10.2. The van der Waals surface area contributed by atoms with Crippen LogP contribution in [0.2, 0.25) is 0 Å². The molecule has 5 heteroatoms. The van der Waals surface area contributed by atoms with Gasteiger partial charge in [-0.15, -0.1) is 0 Å². The first-order valence-electron chi connectivity index (χ1n) is 3.89. The van der Waals surface area contributed by atoms with E-state index in [1.165, 1.54) is 7.11 Å². The molecule has 13 heavy (non-hydrogen) atoms. The minimum absolute atomic E-state index is 0.244. The first kappa shape index (κ1) is 9.73. The summed E-state index contributed by atoms with van der Waals surface area (Å²) in [5.41, 5.74) is 1.33. The first-order chi connectivity index (χ1) is 6.06. The van der Waals surface area contributed by atoms with Crippen LogP contribution in [0.4, 0.5) is 0 Å². The average Bonchev–Trinajstić information content (AvgIpc) is 2.44. The lowest BCUT2D eigenvalue weighted by Crippen LogP contribution is -2.25. The second-order valence-corrected chi connectivity index (χ2v) is 2.78. The molecule has 0 aliphatic carbocycles. The standard InChI is InChI=1S/C8H13N3O2/c1-6-5-7(9-10(6)2)8(12)11(3)13-4/h5H,1-4H3. The summed E-state index contributed by atoms with van der Waals surface area (Å²) in [7, 11) is 4.78. The summed E-state index contributed by atoms with van der Waals surface area (Å²) in [6.07, 6.45) is 0. The van der Waals surface area contributed by atoms with Gasteiger partial charge in [0.2, 0.25) is 0 Å². The quantitative estimate of drug-likeness (QED) is 0.622. The molecule has 0 saturated carbocycles. The van der Waals surface area contributed by atoms with Gasteiger partial charge in [-0.2, -0.15) is 5.10 Å². The minimum Gasteiger partial charge on any atom is -0.274 e. The van der Waals surface area contributed by atoms with E-state index in [0.29, 0.717) is 5.69 Å². The van der Waals surface area contributed by atoms with Crippen LogP contribution in [-0.2, 0) is 11.9 Å². The second-order valence-electron chi connectivity index (χ2n) is 2.78. The molecular weight excluding hydrogens is 170 g/mol. The maximum absolute atomic E-state index is 11.5. The van der Waals surface area contributed by atoms with E-state index in [9.17, 15) is 4.79 Å². The highest BCUT2D eigenvalue weighted by atomic mass is 16.7. The molecule has 0 unspecified atom stereocenters. The van der Waals surface area contributed by atoms with Gasteiger partial charge in [-0.1, -0.05) is 0 Å². The van der Waals surface area contributed by atoms with E-state index in [2.05, 4.69) is 5.10 Å². The summed E-state index contributed by atoms with van der Waals surface area (Å²) >= 11 is 0. The van der Waals surface area contributed by atoms with Gasteiger partial charge >= 0.3 is 0 Å². The lowest BCUT2D eigenvalue weighted by Gasteiger charge is -2.10. The van der Waals surface area contributed by atoms with Crippen LogP contribution in [0, 0.1) is 6.92 Å². The van der Waals surface area contributed by atoms with E-state index in [4.69, 9.17) is 4.84 Å². The molecule has 72 valence electrons. The van der Waals surface area contributed by atoms with Gasteiger partial charge in [0.05, 0.1) is 7.11 Å². The molecule has 0 saturated heterocycles. The van der Waals surface area contributed by atoms with Crippen LogP contribution in [-0.4, -0.2) is 34.9 Å². The third-order valence-corrected chi connectivity index (χ3v) is 1.89. The van der Waals surface area contributed by atoms with Crippen molar-refractivity contribution in [3.63, 3.8) is 0 Å². The third kappa shape index (κ3) is 1.86. The summed E-state index contributed by atoms with van der Waals surface area (Å²) in [5.74, 6) is -0.244. The van der Waals surface area contributed by atoms with Crippen molar-refractivity contribution in [3.8, 4) is 0 Å². The third-order valence-electron chi connectivity index (χ3n) is 1.89. The molecule has 0 aliphatic heterocycles. The van der Waals surface area contributed by atoms with E-state index in [1.807, 2.05) is 6.92 Å². The Morgan fingerprint density at radius 2 is 2.31 bits per heavy atom. The molecule has 1 aromatic rings. The van der Waals surface area contributed by atoms with Crippen molar-refractivity contribution < 1.29 is 9.63 Å². The summed E-state index contributed by atoms with van der Waals surface area (Å²) in [6, 6.07) is 1.72. The minimum atomic E-state index is -0.244. The Bertz CT molecular complexity index is 300. The monoisotopic (exact) mass is 183 g/mol. The van der Waals surface area contributed by atoms with Crippen LogP contribution in [0.25, 0.3) is 0 Å². The number of rotatable bonds is 2. The molecule has 0 aromatic carbocycles. The molecule has 5 nitrogen and oxygen atoms in total. The Kier molecular flexibility index (Phi) is 2.67. The summed E-state index contributed by atoms with van der Waals surface area (Å²) in [6.45, 7) is 1.89. The molecule has 0 spiro atoms. The fourth-order valence-corrected chi connectivity index (χ4v) is 0.909. The number of hydrogen-bond acceptors (Lipinski definition) is 3. The topological polar surface area (TPSA) is 47.4 Å². The van der Waals surface area contributed by atoms with Gasteiger partial charge in [0.15, 0.2) is 5.69 Å². The molecular formula is C8H13N3O2. The van der Waals surface area contributed by atoms with Crippen LogP contribution in [0.15, 0.2) is 6.07 Å². The number of nitrogens with zero attached hydrogens (tertiary/aromatic N) is 3. The van der Waals surface area contributed by atoms with Crippen molar-refractivity contribution in [1.82, 2.24) is 14.8 Å². The van der Waals surface area contributed by atoms with Gasteiger partial charge in [0.25, 0.3) is 5.91 Å². The number of aromatic nitrogens is 2. The number of carbonyl (C=O) groups is 1. The van der Waals surface area contributed by atoms with Gasteiger partial charge < -0.3 is 0 Å². The highest BCUT2D eigenvalue weighted by Crippen LogP contribution is 2.03. The fraction of sp³-hybridized carbons (Fsp3) is 0.500. The zero-order valence-corrected chi connectivity index (χ0v) is 8.24. The van der Waals surface area contributed by atoms with E-state index in [0.717, 1.165) is 10.8 Å². The van der Waals surface area contributed by atoms with E-state index < -0.39 is 0 Å². The van der Waals surface area contributed by atoms with Gasteiger partial charge in [-0.25, -0.2) is 5.06 Å². The smallest absolute Gasteiger partial charge is 0.274 e. The Balaban J connectivity index is 2.89. The number of aryl methyl sites for hydroxylation is 2. The van der Waals surface area contributed by atoms with Crippen molar-refractivity contribution in [3.05, 3.63) is 17.5 Å². The fourth-order valence-electron chi connectivity index (χ4n) is 0.909. The Labute approximate surface area is 76.9 Å². The summed E-state index contributed by atoms with van der Waals surface area (Å²) < 4.78 is 1.65. The zero-order valence-electron chi connectivity index (χ0n) is 8.24. The average molecular weight is 183 g/mol. The van der Waals surface area contributed by atoms with E-state index >= 15 is 0 Å². The number of hydrogen-bond donors (Lipinski definition) is 0. The molecule has 0 N–H and O–H groups in total. The van der Waals surface area contributed by atoms with Gasteiger partial charge in [-0.3, -0.25) is 14.3 Å². The molecule has 0 aliphatic rings. The Morgan fingerprint density at radius 3 is 2.69 bits per heavy atom. The van der Waals surface area contributed by atoms with E-state index in [-0.39, 0.29) is 5.91 Å². The van der Waals surface area contributed by atoms with Crippen molar-refractivity contribution in [2.45, 2.75) is 6.92 Å². The predicted octanol–water partition coefficient (Wildman–Crippen LogP) is 0.362. The summed E-state index contributed by atoms with van der Waals surface area (Å²) in [4.78, 5) is 16.2.